The minimum atomic E-state index is -3.83. The molecule has 0 unspecified atom stereocenters. The molecule has 7 heteroatoms. The topological polar surface area (TPSA) is 85.2 Å². The summed E-state index contributed by atoms with van der Waals surface area (Å²) < 4.78 is 27.0. The van der Waals surface area contributed by atoms with Crippen molar-refractivity contribution >= 4 is 32.6 Å². The van der Waals surface area contributed by atoms with Crippen molar-refractivity contribution in [3.8, 4) is 0 Å². The molecule has 0 fully saturated rings. The zero-order valence-electron chi connectivity index (χ0n) is 13.5. The van der Waals surface area contributed by atoms with Crippen LogP contribution in [-0.4, -0.2) is 30.6 Å². The van der Waals surface area contributed by atoms with Gasteiger partial charge in [-0.1, -0.05) is 36.4 Å². The molecule has 3 rings (SSSR count). The fraction of sp³-hybridized carbons (Fsp3) is 0.111. The first-order valence-electron chi connectivity index (χ1n) is 7.59. The molecular weight excluding hydrogens is 340 g/mol. The van der Waals surface area contributed by atoms with Crippen molar-refractivity contribution in [2.75, 3.05) is 6.54 Å². The number of nitrogens with one attached hydrogen (secondary N) is 1. The third-order valence-electron chi connectivity index (χ3n) is 3.78. The summed E-state index contributed by atoms with van der Waals surface area (Å²) in [6.45, 7) is 1.13. The van der Waals surface area contributed by atoms with Crippen molar-refractivity contribution in [3.05, 3.63) is 66.4 Å². The van der Waals surface area contributed by atoms with Crippen molar-refractivity contribution < 1.29 is 18.0 Å². The van der Waals surface area contributed by atoms with E-state index < -0.39 is 10.0 Å². The van der Waals surface area contributed by atoms with Crippen molar-refractivity contribution in [3.63, 3.8) is 0 Å². The number of benzene rings is 2. The van der Waals surface area contributed by atoms with Crippen LogP contribution in [0.5, 0.6) is 0 Å². The lowest BCUT2D eigenvalue weighted by atomic mass is 10.1. The van der Waals surface area contributed by atoms with E-state index in [9.17, 15) is 18.0 Å². The average Bonchev–Trinajstić information content (AvgIpc) is 3.01. The molecule has 0 atom stereocenters. The van der Waals surface area contributed by atoms with Crippen LogP contribution in [0.1, 0.15) is 17.3 Å². The number of rotatable bonds is 5. The van der Waals surface area contributed by atoms with Crippen LogP contribution in [0.3, 0.4) is 0 Å². The van der Waals surface area contributed by atoms with Crippen LogP contribution in [0.25, 0.3) is 10.9 Å². The second-order valence-electron chi connectivity index (χ2n) is 5.51. The van der Waals surface area contributed by atoms with Crippen LogP contribution in [-0.2, 0) is 14.8 Å². The Kier molecular flexibility index (Phi) is 4.41. The molecule has 0 saturated carbocycles. The Morgan fingerprint density at radius 3 is 2.32 bits per heavy atom. The summed E-state index contributed by atoms with van der Waals surface area (Å²) in [7, 11) is -3.83. The summed E-state index contributed by atoms with van der Waals surface area (Å²) in [6.07, 6.45) is 1.32. The van der Waals surface area contributed by atoms with Gasteiger partial charge in [0.05, 0.1) is 17.0 Å². The zero-order valence-corrected chi connectivity index (χ0v) is 14.3. The highest BCUT2D eigenvalue weighted by atomic mass is 32.2. The largest absolute Gasteiger partial charge is 0.349 e. The minimum absolute atomic E-state index is 0.136. The molecule has 1 aromatic heterocycles. The highest BCUT2D eigenvalue weighted by Crippen LogP contribution is 2.26. The van der Waals surface area contributed by atoms with Gasteiger partial charge in [-0.25, -0.2) is 12.4 Å². The molecule has 128 valence electrons. The van der Waals surface area contributed by atoms with E-state index in [4.69, 9.17) is 0 Å². The minimum Gasteiger partial charge on any atom is -0.349 e. The first-order chi connectivity index (χ1) is 11.9. The molecule has 0 aliphatic rings. The van der Waals surface area contributed by atoms with Gasteiger partial charge < -0.3 is 5.32 Å². The van der Waals surface area contributed by atoms with Crippen LogP contribution < -0.4 is 5.32 Å². The van der Waals surface area contributed by atoms with E-state index in [1.165, 1.54) is 25.3 Å². The molecule has 0 radical (unpaired) electrons. The van der Waals surface area contributed by atoms with Crippen molar-refractivity contribution in [1.29, 1.82) is 0 Å². The summed E-state index contributed by atoms with van der Waals surface area (Å²) >= 11 is 0. The van der Waals surface area contributed by atoms with E-state index in [0.717, 1.165) is 3.97 Å². The average molecular weight is 356 g/mol. The number of carbonyl (C=O) groups is 2. The molecule has 25 heavy (non-hydrogen) atoms. The van der Waals surface area contributed by atoms with Gasteiger partial charge in [0, 0.05) is 24.1 Å². The van der Waals surface area contributed by atoms with E-state index >= 15 is 0 Å². The van der Waals surface area contributed by atoms with Gasteiger partial charge >= 0.3 is 0 Å². The van der Waals surface area contributed by atoms with Crippen LogP contribution >= 0.6 is 0 Å². The van der Waals surface area contributed by atoms with Crippen LogP contribution in [0.4, 0.5) is 0 Å². The summed E-state index contributed by atoms with van der Waals surface area (Å²) in [6, 6.07) is 14.8. The molecule has 2 aromatic carbocycles. The molecule has 0 aliphatic heterocycles. The highest BCUT2D eigenvalue weighted by Gasteiger charge is 2.23. The van der Waals surface area contributed by atoms with Crippen molar-refractivity contribution in [2.24, 2.45) is 0 Å². The van der Waals surface area contributed by atoms with Gasteiger partial charge in [-0.3, -0.25) is 9.59 Å². The van der Waals surface area contributed by atoms with E-state index in [0.29, 0.717) is 10.9 Å². The van der Waals surface area contributed by atoms with Crippen LogP contribution in [0.2, 0.25) is 0 Å². The molecule has 1 heterocycles. The summed E-state index contributed by atoms with van der Waals surface area (Å²) in [5, 5.41) is 2.97. The molecule has 6 nitrogen and oxygen atoms in total. The molecule has 1 N–H and O–H groups in total. The molecule has 3 aromatic rings. The fourth-order valence-electron chi connectivity index (χ4n) is 2.58. The maximum absolute atomic E-state index is 12.9. The summed E-state index contributed by atoms with van der Waals surface area (Å²) in [5.41, 5.74) is 0.668. The Balaban J connectivity index is 2.15. The predicted molar refractivity (Wildman–Crippen MR) is 94.0 cm³/mol. The third kappa shape index (κ3) is 3.18. The lowest BCUT2D eigenvalue weighted by Gasteiger charge is -2.07. The van der Waals surface area contributed by atoms with E-state index in [1.54, 1.807) is 42.5 Å². The molecular formula is C18H16N2O4S. The number of carbonyl (C=O) groups excluding carboxylic acids is 2. The number of fused-ring (bicyclic) bond motifs is 1. The standard InChI is InChI=1S/C18H16N2O4S/c1-13(21)19-11-18(22)16-12-20(17-10-6-5-9-15(16)17)25(23,24)14-7-3-2-4-8-14/h2-10,12H,11H2,1H3,(H,19,21). The number of para-hydroxylation sites is 1. The quantitative estimate of drug-likeness (QED) is 0.710. The number of Topliss-reactive ketones (excluding diaryl/α,β-unsaturated/α-hetero) is 1. The van der Waals surface area contributed by atoms with Gasteiger partial charge in [0.15, 0.2) is 5.78 Å². The smallest absolute Gasteiger partial charge is 0.268 e. The van der Waals surface area contributed by atoms with E-state index in [2.05, 4.69) is 5.32 Å². The first kappa shape index (κ1) is 16.9. The maximum atomic E-state index is 12.9. The Morgan fingerprint density at radius 1 is 1.00 bits per heavy atom. The Labute approximate surface area is 145 Å². The Morgan fingerprint density at radius 2 is 1.64 bits per heavy atom. The highest BCUT2D eigenvalue weighted by molar-refractivity contribution is 7.90. The third-order valence-corrected chi connectivity index (χ3v) is 5.46. The number of aromatic nitrogens is 1. The number of hydrogen-bond donors (Lipinski definition) is 1. The van der Waals surface area contributed by atoms with E-state index in [1.807, 2.05) is 0 Å². The maximum Gasteiger partial charge on any atom is 0.268 e. The van der Waals surface area contributed by atoms with Gasteiger partial charge in [0.2, 0.25) is 5.91 Å². The van der Waals surface area contributed by atoms with Gasteiger partial charge in [-0.15, -0.1) is 0 Å². The Bertz CT molecular complexity index is 1050. The molecule has 0 saturated heterocycles. The number of ketones is 1. The summed E-state index contributed by atoms with van der Waals surface area (Å²) in [4.78, 5) is 23.6. The normalized spacial score (nSPS) is 11.4. The van der Waals surface area contributed by atoms with Gasteiger partial charge in [-0.05, 0) is 18.2 Å². The molecule has 0 aliphatic carbocycles. The summed E-state index contributed by atoms with van der Waals surface area (Å²) in [5.74, 6) is -0.678. The molecule has 0 spiro atoms. The number of amides is 1. The lowest BCUT2D eigenvalue weighted by Crippen LogP contribution is -2.27. The van der Waals surface area contributed by atoms with Crippen molar-refractivity contribution in [1.82, 2.24) is 9.29 Å². The second-order valence-corrected chi connectivity index (χ2v) is 7.32. The first-order valence-corrected chi connectivity index (χ1v) is 9.03. The fourth-order valence-corrected chi connectivity index (χ4v) is 3.97. The number of hydrogen-bond acceptors (Lipinski definition) is 4. The second kappa shape index (κ2) is 6.52. The number of nitrogens with zero attached hydrogens (tertiary/aromatic N) is 1. The Hall–Kier alpha value is -2.93. The zero-order chi connectivity index (χ0) is 18.0. The van der Waals surface area contributed by atoms with E-state index in [-0.39, 0.29) is 28.7 Å². The van der Waals surface area contributed by atoms with Crippen molar-refractivity contribution in [2.45, 2.75) is 11.8 Å². The lowest BCUT2D eigenvalue weighted by molar-refractivity contribution is -0.118. The van der Waals surface area contributed by atoms with Gasteiger partial charge in [0.1, 0.15) is 0 Å². The predicted octanol–water partition coefficient (Wildman–Crippen LogP) is 2.20. The monoisotopic (exact) mass is 356 g/mol. The van der Waals surface area contributed by atoms with Gasteiger partial charge in [-0.2, -0.15) is 0 Å². The van der Waals surface area contributed by atoms with Crippen LogP contribution in [0.15, 0.2) is 65.7 Å². The molecule has 1 amide bonds. The SMILES string of the molecule is CC(=O)NCC(=O)c1cn(S(=O)(=O)c2ccccc2)c2ccccc12. The van der Waals surface area contributed by atoms with Crippen LogP contribution in [0, 0.1) is 0 Å². The molecule has 0 bridgehead atoms. The van der Waals surface area contributed by atoms with Gasteiger partial charge in [0.25, 0.3) is 10.0 Å².